The van der Waals surface area contributed by atoms with Crippen molar-refractivity contribution in [2.24, 2.45) is 0 Å². The van der Waals surface area contributed by atoms with Crippen molar-refractivity contribution in [3.63, 3.8) is 0 Å². The topological polar surface area (TPSA) is 87.8 Å². The number of fused-ring (bicyclic) bond motifs is 2. The Balaban J connectivity index is 1.43. The standard InChI is InChI=1S/C30H30BClFN3O4/c1-16-11-21(29-22(12-16)28(37)17(2)30(40-29)36-9-5-4-6-10-36)18(3)34-24-7-8-25(32)35-27(24)19-13-20-15-39-31(38)26(20)23(33)14-19/h7-8,11-14,18,34,38H,4-6,9-10,15H2,1-3H3/t18-/m1/s1. The number of nitrogens with one attached hydrogen (secondary N) is 1. The Hall–Kier alpha value is -3.40. The SMILES string of the molecule is Cc1cc([C@@H](C)Nc2ccc(Cl)nc2-c2cc(F)c3c(c2)COB3O)c2oc(N3CCCCC3)c(C)c(=O)c2c1. The Morgan fingerprint density at radius 1 is 1.15 bits per heavy atom. The van der Waals surface area contributed by atoms with Gasteiger partial charge in [-0.1, -0.05) is 17.7 Å². The molecular weight excluding hydrogens is 532 g/mol. The van der Waals surface area contributed by atoms with Crippen LogP contribution in [-0.4, -0.2) is 30.2 Å². The van der Waals surface area contributed by atoms with E-state index in [4.69, 9.17) is 20.7 Å². The lowest BCUT2D eigenvalue weighted by Gasteiger charge is -2.29. The van der Waals surface area contributed by atoms with Crippen molar-refractivity contribution in [2.75, 3.05) is 23.3 Å². The average molecular weight is 562 g/mol. The van der Waals surface area contributed by atoms with Crippen LogP contribution >= 0.6 is 11.6 Å². The van der Waals surface area contributed by atoms with Crippen molar-refractivity contribution >= 4 is 46.7 Å². The molecular formula is C30H30BClFN3O4. The van der Waals surface area contributed by atoms with E-state index in [9.17, 15) is 14.2 Å². The van der Waals surface area contributed by atoms with Crippen molar-refractivity contribution in [3.8, 4) is 11.3 Å². The van der Waals surface area contributed by atoms with Gasteiger partial charge in [0.1, 0.15) is 16.6 Å². The fourth-order valence-electron chi connectivity index (χ4n) is 5.82. The summed E-state index contributed by atoms with van der Waals surface area (Å²) in [4.78, 5) is 20.2. The highest BCUT2D eigenvalue weighted by molar-refractivity contribution is 6.61. The normalized spacial score (nSPS) is 15.9. The minimum absolute atomic E-state index is 0.0224. The number of nitrogens with zero attached hydrogens (tertiary/aromatic N) is 2. The number of aromatic nitrogens is 1. The van der Waals surface area contributed by atoms with Crippen molar-refractivity contribution < 1.29 is 18.5 Å². The van der Waals surface area contributed by atoms with Crippen LogP contribution in [0.4, 0.5) is 16.0 Å². The smallest absolute Gasteiger partial charge is 0.440 e. The summed E-state index contributed by atoms with van der Waals surface area (Å²) in [6.07, 6.45) is 3.32. The monoisotopic (exact) mass is 561 g/mol. The zero-order valence-electron chi connectivity index (χ0n) is 22.7. The van der Waals surface area contributed by atoms with Crippen LogP contribution in [0.5, 0.6) is 0 Å². The van der Waals surface area contributed by atoms with Crippen LogP contribution in [0.3, 0.4) is 0 Å². The second-order valence-corrected chi connectivity index (χ2v) is 11.1. The number of hydrogen-bond acceptors (Lipinski definition) is 7. The fraction of sp³-hybridized carbons (Fsp3) is 0.333. The van der Waals surface area contributed by atoms with Gasteiger partial charge in [0.15, 0.2) is 5.43 Å². The summed E-state index contributed by atoms with van der Waals surface area (Å²) in [7, 11) is -1.28. The lowest BCUT2D eigenvalue weighted by Crippen LogP contribution is -2.31. The third kappa shape index (κ3) is 4.76. The summed E-state index contributed by atoms with van der Waals surface area (Å²) in [5.41, 5.74) is 5.26. The van der Waals surface area contributed by atoms with Crippen molar-refractivity contribution in [1.82, 2.24) is 4.98 Å². The van der Waals surface area contributed by atoms with E-state index in [-0.39, 0.29) is 28.7 Å². The number of piperidine rings is 1. The third-order valence-corrected chi connectivity index (χ3v) is 8.05. The Morgan fingerprint density at radius 2 is 1.93 bits per heavy atom. The molecule has 0 aliphatic carbocycles. The molecule has 4 aromatic rings. The van der Waals surface area contributed by atoms with Gasteiger partial charge in [0, 0.05) is 29.7 Å². The van der Waals surface area contributed by atoms with E-state index in [1.54, 1.807) is 18.2 Å². The first-order valence-corrected chi connectivity index (χ1v) is 14.0. The van der Waals surface area contributed by atoms with Gasteiger partial charge >= 0.3 is 7.12 Å². The van der Waals surface area contributed by atoms with Gasteiger partial charge in [-0.2, -0.15) is 0 Å². The molecule has 2 aromatic heterocycles. The van der Waals surface area contributed by atoms with E-state index in [0.29, 0.717) is 44.9 Å². The number of rotatable bonds is 5. The minimum atomic E-state index is -1.28. The van der Waals surface area contributed by atoms with Gasteiger partial charge in [0.2, 0.25) is 5.88 Å². The molecule has 40 heavy (non-hydrogen) atoms. The summed E-state index contributed by atoms with van der Waals surface area (Å²) in [6, 6.07) is 10.2. The van der Waals surface area contributed by atoms with E-state index in [1.165, 1.54) is 12.5 Å². The maximum Gasteiger partial charge on any atom is 0.494 e. The van der Waals surface area contributed by atoms with Crippen LogP contribution in [0.15, 0.2) is 45.6 Å². The molecule has 0 bridgehead atoms. The largest absolute Gasteiger partial charge is 0.494 e. The molecule has 6 rings (SSSR count). The van der Waals surface area contributed by atoms with Gasteiger partial charge in [-0.15, -0.1) is 0 Å². The van der Waals surface area contributed by atoms with E-state index in [2.05, 4.69) is 15.2 Å². The van der Waals surface area contributed by atoms with E-state index in [1.807, 2.05) is 32.9 Å². The molecule has 1 atom stereocenters. The number of pyridine rings is 1. The molecule has 7 nitrogen and oxygen atoms in total. The second-order valence-electron chi connectivity index (χ2n) is 10.7. The first-order chi connectivity index (χ1) is 19.2. The number of aryl methyl sites for hydroxylation is 1. The molecule has 1 fully saturated rings. The third-order valence-electron chi connectivity index (χ3n) is 7.84. The van der Waals surface area contributed by atoms with Crippen molar-refractivity contribution in [1.29, 1.82) is 0 Å². The fourth-order valence-corrected chi connectivity index (χ4v) is 5.97. The van der Waals surface area contributed by atoms with Crippen LogP contribution in [0.1, 0.15) is 54.5 Å². The lowest BCUT2D eigenvalue weighted by molar-refractivity contribution is 0.275. The molecule has 206 valence electrons. The first kappa shape index (κ1) is 26.8. The molecule has 0 unspecified atom stereocenters. The molecule has 0 amide bonds. The van der Waals surface area contributed by atoms with Crippen LogP contribution < -0.4 is 21.1 Å². The molecule has 4 heterocycles. The van der Waals surface area contributed by atoms with Gasteiger partial charge in [-0.25, -0.2) is 9.37 Å². The average Bonchev–Trinajstić information content (AvgIpc) is 3.32. The summed E-state index contributed by atoms with van der Waals surface area (Å²) < 4.78 is 26.7. The van der Waals surface area contributed by atoms with E-state index >= 15 is 0 Å². The summed E-state index contributed by atoms with van der Waals surface area (Å²) in [5.74, 6) is 0.0757. The Kier molecular flexibility index (Phi) is 7.06. The summed E-state index contributed by atoms with van der Waals surface area (Å²) in [5, 5.41) is 14.3. The lowest BCUT2D eigenvalue weighted by atomic mass is 9.78. The number of halogens is 2. The zero-order chi connectivity index (χ0) is 28.1. The molecule has 2 aromatic carbocycles. The highest BCUT2D eigenvalue weighted by atomic mass is 35.5. The quantitative estimate of drug-likeness (QED) is 0.241. The maximum atomic E-state index is 15.0. The maximum absolute atomic E-state index is 15.0. The Morgan fingerprint density at radius 3 is 2.70 bits per heavy atom. The van der Waals surface area contributed by atoms with Crippen LogP contribution in [0.2, 0.25) is 5.15 Å². The minimum Gasteiger partial charge on any atom is -0.440 e. The van der Waals surface area contributed by atoms with E-state index in [0.717, 1.165) is 37.1 Å². The number of benzene rings is 2. The van der Waals surface area contributed by atoms with Crippen LogP contribution in [0.25, 0.3) is 22.2 Å². The van der Waals surface area contributed by atoms with Gasteiger partial charge in [-0.3, -0.25) is 4.79 Å². The molecule has 2 N–H and O–H groups in total. The number of anilines is 2. The molecule has 10 heteroatoms. The van der Waals surface area contributed by atoms with Crippen molar-refractivity contribution in [2.45, 2.75) is 52.7 Å². The molecule has 1 saturated heterocycles. The van der Waals surface area contributed by atoms with Gasteiger partial charge in [0.05, 0.1) is 35.0 Å². The Labute approximate surface area is 237 Å². The molecule has 0 saturated carbocycles. The Bertz CT molecular complexity index is 1690. The molecule has 2 aliphatic heterocycles. The van der Waals surface area contributed by atoms with Gasteiger partial charge in [-0.05, 0) is 81.5 Å². The number of hydrogen-bond donors (Lipinski definition) is 2. The molecule has 0 spiro atoms. The van der Waals surface area contributed by atoms with Crippen LogP contribution in [0, 0.1) is 19.7 Å². The first-order valence-electron chi connectivity index (χ1n) is 13.6. The zero-order valence-corrected chi connectivity index (χ0v) is 23.4. The van der Waals surface area contributed by atoms with E-state index < -0.39 is 12.9 Å². The predicted molar refractivity (Wildman–Crippen MR) is 157 cm³/mol. The predicted octanol–water partition coefficient (Wildman–Crippen LogP) is 5.65. The van der Waals surface area contributed by atoms with Crippen LogP contribution in [-0.2, 0) is 11.3 Å². The van der Waals surface area contributed by atoms with Crippen molar-refractivity contribution in [3.05, 3.63) is 79.8 Å². The highest BCUT2D eigenvalue weighted by Gasteiger charge is 2.32. The molecule has 2 aliphatic rings. The highest BCUT2D eigenvalue weighted by Crippen LogP contribution is 2.35. The summed E-state index contributed by atoms with van der Waals surface area (Å²) in [6.45, 7) is 7.62. The second kappa shape index (κ2) is 10.5. The summed E-state index contributed by atoms with van der Waals surface area (Å²) >= 11 is 6.27. The molecule has 0 radical (unpaired) electrons. The van der Waals surface area contributed by atoms with Gasteiger partial charge in [0.25, 0.3) is 0 Å². The van der Waals surface area contributed by atoms with Gasteiger partial charge < -0.3 is 24.3 Å².